The Morgan fingerprint density at radius 2 is 1.24 bits per heavy atom. The van der Waals surface area contributed by atoms with Crippen molar-refractivity contribution < 1.29 is 13.7 Å². The Morgan fingerprint density at radius 1 is 0.739 bits per heavy atom. The fraction of sp³-hybridized carbons (Fsp3) is 0.375. The third-order valence-electron chi connectivity index (χ3n) is 10.2. The van der Waals surface area contributed by atoms with Crippen molar-refractivity contribution in [1.82, 2.24) is 0 Å². The van der Waals surface area contributed by atoms with Gasteiger partial charge in [0.15, 0.2) is 0 Å². The monoisotopic (exact) mass is 631 g/mol. The number of hydrogen-bond acceptors (Lipinski definition) is 3. The molecule has 1 heterocycles. The first-order valence-electron chi connectivity index (χ1n) is 16.5. The highest BCUT2D eigenvalue weighted by molar-refractivity contribution is 6.90. The summed E-state index contributed by atoms with van der Waals surface area (Å²) in [6.07, 6.45) is 0. The van der Waals surface area contributed by atoms with Crippen LogP contribution in [-0.2, 0) is 9.31 Å². The Labute approximate surface area is 276 Å². The van der Waals surface area contributed by atoms with Gasteiger partial charge in [-0.05, 0) is 73.4 Å². The van der Waals surface area contributed by atoms with Gasteiger partial charge in [-0.1, -0.05) is 114 Å². The Hall–Kier alpha value is -3.50. The van der Waals surface area contributed by atoms with E-state index in [1.165, 1.54) is 6.07 Å². The van der Waals surface area contributed by atoms with Gasteiger partial charge in [-0.3, -0.25) is 0 Å². The summed E-state index contributed by atoms with van der Waals surface area (Å²) in [5.41, 5.74) is 8.65. The second kappa shape index (κ2) is 13.0. The molecule has 238 valence electrons. The lowest BCUT2D eigenvalue weighted by atomic mass is 9.74. The second-order valence-corrected chi connectivity index (χ2v) is 20.1. The molecule has 0 spiro atoms. The minimum absolute atomic E-state index is 0.331. The van der Waals surface area contributed by atoms with Crippen LogP contribution in [0, 0.1) is 17.3 Å². The first kappa shape index (κ1) is 33.9. The average Bonchev–Trinajstić information content (AvgIpc) is 3.23. The lowest BCUT2D eigenvalue weighted by molar-refractivity contribution is 0.00578. The highest BCUT2D eigenvalue weighted by atomic mass is 28.3. The zero-order valence-corrected chi connectivity index (χ0v) is 30.0. The molecule has 1 saturated heterocycles. The van der Waals surface area contributed by atoms with E-state index in [4.69, 9.17) is 14.3 Å². The molecule has 4 aromatic carbocycles. The van der Waals surface area contributed by atoms with Gasteiger partial charge >= 0.3 is 7.12 Å². The number of benzene rings is 4. The summed E-state index contributed by atoms with van der Waals surface area (Å²) in [5.74, 6) is 3.12. The van der Waals surface area contributed by atoms with E-state index in [0.717, 1.165) is 38.8 Å². The second-order valence-electron chi connectivity index (χ2n) is 14.5. The molecule has 1 fully saturated rings. The maximum Gasteiger partial charge on any atom is 0.495 e. The van der Waals surface area contributed by atoms with Crippen LogP contribution >= 0.6 is 0 Å². The molecular weight excluding hydrogens is 584 g/mol. The van der Waals surface area contributed by atoms with Gasteiger partial charge in [-0.2, -0.15) is 0 Å². The molecule has 4 aromatic rings. The van der Waals surface area contributed by atoms with E-state index < -0.39 is 26.4 Å². The van der Waals surface area contributed by atoms with Crippen LogP contribution in [-0.4, -0.2) is 32.1 Å². The van der Waals surface area contributed by atoms with E-state index in [9.17, 15) is 0 Å². The van der Waals surface area contributed by atoms with Gasteiger partial charge in [0.2, 0.25) is 0 Å². The molecule has 0 atom stereocenters. The first-order chi connectivity index (χ1) is 21.7. The van der Waals surface area contributed by atoms with Crippen molar-refractivity contribution in [3.63, 3.8) is 0 Å². The third kappa shape index (κ3) is 6.26. The van der Waals surface area contributed by atoms with E-state index in [-0.39, 0.29) is 5.82 Å². The molecule has 1 aliphatic rings. The molecule has 0 unspecified atom stereocenters. The van der Waals surface area contributed by atoms with E-state index in [0.29, 0.717) is 22.2 Å². The molecule has 3 nitrogen and oxygen atoms in total. The number of halogens is 1. The van der Waals surface area contributed by atoms with Crippen molar-refractivity contribution in [2.75, 3.05) is 0 Å². The minimum atomic E-state index is -2.14. The lowest BCUT2D eigenvalue weighted by Crippen LogP contribution is -2.43. The number of hydrogen-bond donors (Lipinski definition) is 0. The topological polar surface area (TPSA) is 30.8 Å². The van der Waals surface area contributed by atoms with Crippen LogP contribution in [0.1, 0.15) is 85.9 Å². The van der Waals surface area contributed by atoms with E-state index in [2.05, 4.69) is 77.3 Å². The first-order valence-corrected chi connectivity index (χ1v) is 18.8. The predicted octanol–water partition coefficient (Wildman–Crippen LogP) is 10.0. The largest absolute Gasteiger partial charge is 0.495 e. The molecule has 46 heavy (non-hydrogen) atoms. The van der Waals surface area contributed by atoms with Gasteiger partial charge in [0, 0.05) is 16.5 Å². The van der Waals surface area contributed by atoms with Gasteiger partial charge in [-0.15, -0.1) is 5.54 Å². The summed E-state index contributed by atoms with van der Waals surface area (Å²) < 4.78 is 29.2. The maximum absolute atomic E-state index is 16.0. The van der Waals surface area contributed by atoms with E-state index in [1.807, 2.05) is 82.3 Å². The molecule has 0 bridgehead atoms. The zero-order chi connectivity index (χ0) is 33.4. The molecule has 0 aliphatic carbocycles. The minimum Gasteiger partial charge on any atom is -0.399 e. The molecule has 5 rings (SSSR count). The Bertz CT molecular complexity index is 1720. The predicted molar refractivity (Wildman–Crippen MR) is 196 cm³/mol. The summed E-state index contributed by atoms with van der Waals surface area (Å²) in [6.45, 7) is 21.8. The molecule has 0 aromatic heterocycles. The zero-order valence-electron chi connectivity index (χ0n) is 29.0. The Kier molecular flexibility index (Phi) is 9.53. The van der Waals surface area contributed by atoms with Crippen LogP contribution in [0.4, 0.5) is 10.1 Å². The molecule has 0 radical (unpaired) electrons. The third-order valence-corrected chi connectivity index (χ3v) is 16.5. The van der Waals surface area contributed by atoms with Gasteiger partial charge in [0.25, 0.3) is 0 Å². The summed E-state index contributed by atoms with van der Waals surface area (Å²) in [4.78, 5) is 5.24. The smallest absolute Gasteiger partial charge is 0.399 e. The SMILES string of the molecule is CC(C)[Si](C#Cc1c(F)ccc2cc(N=C(c3ccccc3)c3ccccc3)cc(B3OC(C)(C)C(C)(C)O3)c12)(C(C)C)C(C)C. The lowest BCUT2D eigenvalue weighted by Gasteiger charge is -2.38. The van der Waals surface area contributed by atoms with Gasteiger partial charge in [0.1, 0.15) is 13.9 Å². The van der Waals surface area contributed by atoms with Crippen molar-refractivity contribution in [2.45, 2.75) is 97.1 Å². The summed E-state index contributed by atoms with van der Waals surface area (Å²) in [5, 5.41) is 1.58. The van der Waals surface area contributed by atoms with Crippen LogP contribution in [0.5, 0.6) is 0 Å². The highest BCUT2D eigenvalue weighted by Crippen LogP contribution is 2.41. The standard InChI is InChI=1S/C40H47BFNO2Si/c1-27(2)46(28(3)4,29(5)6)24-23-34-36(42)22-21-32-25-33(26-35(37(32)34)41-44-39(7,8)40(9,10)45-41)43-38(30-17-13-11-14-18-30)31-19-15-12-16-20-31/h11-22,25-29H,1-10H3. The van der Waals surface area contributed by atoms with Crippen LogP contribution in [0.15, 0.2) is 89.9 Å². The van der Waals surface area contributed by atoms with E-state index >= 15 is 4.39 Å². The Morgan fingerprint density at radius 3 is 1.72 bits per heavy atom. The fourth-order valence-corrected chi connectivity index (χ4v) is 12.2. The van der Waals surface area contributed by atoms with Gasteiger partial charge in [-0.25, -0.2) is 9.38 Å². The highest BCUT2D eigenvalue weighted by Gasteiger charge is 2.52. The summed E-state index contributed by atoms with van der Waals surface area (Å²) >= 11 is 0. The van der Waals surface area contributed by atoms with Crippen LogP contribution < -0.4 is 5.46 Å². The average molecular weight is 632 g/mol. The van der Waals surface area contributed by atoms with E-state index in [1.54, 1.807) is 0 Å². The van der Waals surface area contributed by atoms with Crippen molar-refractivity contribution in [3.8, 4) is 11.5 Å². The van der Waals surface area contributed by atoms with Crippen LogP contribution in [0.25, 0.3) is 10.8 Å². The number of nitrogens with zero attached hydrogens (tertiary/aromatic N) is 1. The molecular formula is C40H47BFNO2Si. The van der Waals surface area contributed by atoms with Crippen molar-refractivity contribution in [1.29, 1.82) is 0 Å². The van der Waals surface area contributed by atoms with Crippen molar-refractivity contribution in [2.24, 2.45) is 4.99 Å². The molecule has 1 aliphatic heterocycles. The number of rotatable bonds is 7. The molecule has 6 heteroatoms. The maximum atomic E-state index is 16.0. The molecule has 0 N–H and O–H groups in total. The fourth-order valence-electron chi connectivity index (χ4n) is 7.02. The quantitative estimate of drug-likeness (QED) is 0.115. The number of aliphatic imine (C=N–C) groups is 1. The normalized spacial score (nSPS) is 15.8. The number of fused-ring (bicyclic) bond motifs is 1. The van der Waals surface area contributed by atoms with Crippen LogP contribution in [0.2, 0.25) is 16.6 Å². The van der Waals surface area contributed by atoms with Gasteiger partial charge in [0.05, 0.1) is 28.2 Å². The van der Waals surface area contributed by atoms with Crippen molar-refractivity contribution in [3.05, 3.63) is 107 Å². The van der Waals surface area contributed by atoms with Crippen molar-refractivity contribution >= 4 is 42.8 Å². The summed E-state index contributed by atoms with van der Waals surface area (Å²) in [6, 6.07) is 27.8. The van der Waals surface area contributed by atoms with Gasteiger partial charge < -0.3 is 9.31 Å². The Balaban J connectivity index is 1.81. The molecule has 0 saturated carbocycles. The van der Waals surface area contributed by atoms with Crippen LogP contribution in [0.3, 0.4) is 0 Å². The summed E-state index contributed by atoms with van der Waals surface area (Å²) in [7, 11) is -2.85. The molecule has 0 amide bonds.